The summed E-state index contributed by atoms with van der Waals surface area (Å²) >= 11 is 6.79. The molecule has 3 aliphatic carbocycles. The van der Waals surface area contributed by atoms with Crippen LogP contribution in [-0.4, -0.2) is 113 Å². The van der Waals surface area contributed by atoms with Gasteiger partial charge < -0.3 is 35.4 Å². The van der Waals surface area contributed by atoms with Crippen LogP contribution < -0.4 is 30.7 Å². The lowest BCUT2D eigenvalue weighted by Gasteiger charge is -2.56. The third-order valence-electron chi connectivity index (χ3n) is 17.8. The summed E-state index contributed by atoms with van der Waals surface area (Å²) in [6.07, 6.45) is 11.4. The largest absolute Gasteiger partial charge is 0.488 e. The molecule has 12 rings (SSSR count). The van der Waals surface area contributed by atoms with Crippen molar-refractivity contribution in [2.24, 2.45) is 18.2 Å². The van der Waals surface area contributed by atoms with Gasteiger partial charge in [-0.3, -0.25) is 24.5 Å². The van der Waals surface area contributed by atoms with Crippen LogP contribution in [-0.2, 0) is 17.4 Å². The van der Waals surface area contributed by atoms with E-state index in [9.17, 15) is 19.5 Å². The number of hydrogen-bond acceptors (Lipinski definition) is 10. The minimum atomic E-state index is -1.04. The van der Waals surface area contributed by atoms with Gasteiger partial charge in [-0.05, 0) is 137 Å². The van der Waals surface area contributed by atoms with E-state index in [-0.39, 0.29) is 69.7 Å². The minimum Gasteiger partial charge on any atom is -0.488 e. The van der Waals surface area contributed by atoms with Gasteiger partial charge >= 0.3 is 6.03 Å². The number of nitrogens with two attached hydrogens (primary N) is 1. The third kappa shape index (κ3) is 8.94. The highest BCUT2D eigenvalue weighted by Crippen LogP contribution is 2.58. The third-order valence-corrected chi connectivity index (χ3v) is 18.2. The molecule has 5 heterocycles. The molecule has 2 atom stereocenters. The summed E-state index contributed by atoms with van der Waals surface area (Å²) in [4.78, 5) is 44.3. The van der Waals surface area contributed by atoms with Crippen LogP contribution in [0.1, 0.15) is 116 Å². The number of amides is 4. The average Bonchev–Trinajstić information content (AvgIpc) is 3.88. The number of hydrogen-bond donors (Lipinski definition) is 4. The second kappa shape index (κ2) is 19.6. The van der Waals surface area contributed by atoms with Crippen molar-refractivity contribution in [3.8, 4) is 22.6 Å². The average molecular weight is 1020 g/mol. The number of aliphatic hydroxyl groups is 1. The van der Waals surface area contributed by atoms with Gasteiger partial charge in [-0.15, -0.1) is 0 Å². The Hall–Kier alpha value is -5.65. The molecule has 2 bridgehead atoms. The number of rotatable bonds is 14. The fourth-order valence-electron chi connectivity index (χ4n) is 13.6. The summed E-state index contributed by atoms with van der Waals surface area (Å²) in [5, 5.41) is 21.1. The van der Waals surface area contributed by atoms with Crippen LogP contribution in [0.3, 0.4) is 0 Å². The van der Waals surface area contributed by atoms with Crippen LogP contribution in [0.5, 0.6) is 11.5 Å². The lowest BCUT2D eigenvalue weighted by molar-refractivity contribution is -0.120. The van der Waals surface area contributed by atoms with E-state index in [1.807, 2.05) is 49.0 Å². The second-order valence-corrected chi connectivity index (χ2v) is 22.1. The maximum atomic E-state index is 16.6. The number of benzene rings is 4. The Kier molecular flexibility index (Phi) is 13.3. The number of fused-ring (bicyclic) bond motifs is 5. The van der Waals surface area contributed by atoms with E-state index >= 15 is 8.78 Å². The van der Waals surface area contributed by atoms with Gasteiger partial charge in [-0.1, -0.05) is 54.9 Å². The summed E-state index contributed by atoms with van der Waals surface area (Å²) in [5.74, 6) is -2.37. The van der Waals surface area contributed by atoms with Gasteiger partial charge in [0, 0.05) is 78.7 Å². The monoisotopic (exact) mass is 1020 g/mol. The Bertz CT molecular complexity index is 2930. The number of ether oxygens (including phenoxy) is 2. The molecule has 0 unspecified atom stereocenters. The van der Waals surface area contributed by atoms with E-state index in [1.54, 1.807) is 4.90 Å². The zero-order valence-corrected chi connectivity index (χ0v) is 42.4. The SMILES string of the molecule is C[C@H]1c2c(cc(F)c(Cl)c2-c2c(C(N)=O)ccc(OCCO)c2F)O[C@]1(CNC12CCC(CN3CCC(N4CCC(c5ccc6c(N7CCC(=O)NC7=O)nn(C)c6c5)CC4)CC3)(CC1)CC2)c1ccccc1. The molecular weight excluding hydrogens is 954 g/mol. The highest BCUT2D eigenvalue weighted by molar-refractivity contribution is 6.34. The Morgan fingerprint density at radius 2 is 1.67 bits per heavy atom. The summed E-state index contributed by atoms with van der Waals surface area (Å²) < 4.78 is 46.9. The second-order valence-electron chi connectivity index (χ2n) is 21.7. The number of primary amides is 1. The summed E-state index contributed by atoms with van der Waals surface area (Å²) in [7, 11) is 1.91. The first kappa shape index (κ1) is 49.6. The van der Waals surface area contributed by atoms with E-state index in [0.717, 1.165) is 101 Å². The van der Waals surface area contributed by atoms with E-state index < -0.39 is 35.1 Å². The Morgan fingerprint density at radius 1 is 0.945 bits per heavy atom. The van der Waals surface area contributed by atoms with Crippen LogP contribution in [0, 0.1) is 17.0 Å². The van der Waals surface area contributed by atoms with Gasteiger partial charge in [0.05, 0.1) is 22.7 Å². The van der Waals surface area contributed by atoms with E-state index in [4.69, 9.17) is 26.8 Å². The van der Waals surface area contributed by atoms with Gasteiger partial charge in [0.2, 0.25) is 11.8 Å². The quantitative estimate of drug-likeness (QED) is 0.0847. The number of imide groups is 1. The number of likely N-dealkylation sites (tertiary alicyclic amines) is 2. The maximum absolute atomic E-state index is 16.6. The number of carbonyl (C=O) groups is 3. The predicted octanol–water partition coefficient (Wildman–Crippen LogP) is 8.51. The Labute approximate surface area is 429 Å². The standard InChI is InChI=1S/C56H65ClF2N8O6/c1-34-46-44(31-41(58)49(57)48(46)47-40(51(60)70)10-11-43(50(47)59)72-29-28-68)73-56(34,37-6-4-3-5-7-37)32-61-55-20-17-54(18-21-55,19-22-55)33-65-23-14-38(15-24-65)66-25-12-35(13-26-66)36-8-9-39-42(30-36)64(2)63-52(39)67-27-16-45(69)62-53(67)71/h3-11,30-31,34-35,38,61,68H,12-29,32-33H2,1-2H3,(H2,60,70)(H,62,69,71)/t34-,54?,55?,56-/m0/s1. The first-order valence-corrected chi connectivity index (χ1v) is 26.5. The fraction of sp³-hybridized carbons (Fsp3) is 0.500. The highest BCUT2D eigenvalue weighted by Gasteiger charge is 2.54. The molecule has 0 radical (unpaired) electrons. The van der Waals surface area contributed by atoms with Crippen molar-refractivity contribution in [3.63, 3.8) is 0 Å². The number of piperidine rings is 2. The highest BCUT2D eigenvalue weighted by atomic mass is 35.5. The molecule has 0 spiro atoms. The fourth-order valence-corrected chi connectivity index (χ4v) is 13.8. The van der Waals surface area contributed by atoms with Crippen LogP contribution in [0.4, 0.5) is 19.4 Å². The number of aliphatic hydroxyl groups excluding tert-OH is 1. The number of aryl methyl sites for hydroxylation is 1. The van der Waals surface area contributed by atoms with E-state index in [1.165, 1.54) is 36.6 Å². The number of nitrogens with zero attached hydrogens (tertiary/aromatic N) is 5. The van der Waals surface area contributed by atoms with Crippen LogP contribution in [0.15, 0.2) is 66.7 Å². The van der Waals surface area contributed by atoms with Crippen molar-refractivity contribution < 1.29 is 37.7 Å². The molecular formula is C56H65ClF2N8O6. The molecule has 4 amide bonds. The summed E-state index contributed by atoms with van der Waals surface area (Å²) in [6, 6.07) is 20.4. The van der Waals surface area contributed by atoms with Crippen molar-refractivity contribution in [2.75, 3.05) is 63.9 Å². The molecule has 5 aromatic rings. The molecule has 386 valence electrons. The number of carbonyl (C=O) groups excluding carboxylic acids is 3. The van der Waals surface area contributed by atoms with Gasteiger partial charge in [-0.25, -0.2) is 13.6 Å². The van der Waals surface area contributed by atoms with Crippen LogP contribution >= 0.6 is 11.6 Å². The van der Waals surface area contributed by atoms with E-state index in [2.05, 4.69) is 43.7 Å². The Morgan fingerprint density at radius 3 is 2.36 bits per heavy atom. The van der Waals surface area contributed by atoms with Gasteiger partial charge in [0.25, 0.3) is 0 Å². The molecule has 4 aromatic carbocycles. The van der Waals surface area contributed by atoms with Gasteiger partial charge in [0.1, 0.15) is 18.2 Å². The number of nitrogens with one attached hydrogen (secondary N) is 2. The first-order chi connectivity index (χ1) is 35.2. The lowest BCUT2D eigenvalue weighted by atomic mass is 9.57. The van der Waals surface area contributed by atoms with Crippen molar-refractivity contribution in [2.45, 2.75) is 107 Å². The normalized spacial score (nSPS) is 26.1. The van der Waals surface area contributed by atoms with Crippen molar-refractivity contribution >= 4 is 46.2 Å². The molecule has 1 aromatic heterocycles. The molecule has 4 aliphatic heterocycles. The predicted molar refractivity (Wildman–Crippen MR) is 275 cm³/mol. The zero-order chi connectivity index (χ0) is 50.8. The molecule has 7 aliphatic rings. The van der Waals surface area contributed by atoms with E-state index in [0.29, 0.717) is 36.4 Å². The summed E-state index contributed by atoms with van der Waals surface area (Å²) in [6.45, 7) is 7.68. The molecule has 3 saturated heterocycles. The number of anilines is 1. The lowest BCUT2D eigenvalue weighted by Crippen LogP contribution is -2.60. The molecule has 17 heteroatoms. The van der Waals surface area contributed by atoms with Gasteiger partial charge in [0.15, 0.2) is 23.0 Å². The number of aromatic nitrogens is 2. The molecule has 5 N–H and O–H groups in total. The van der Waals surface area contributed by atoms with Crippen LogP contribution in [0.2, 0.25) is 5.02 Å². The van der Waals surface area contributed by atoms with Crippen LogP contribution in [0.25, 0.3) is 22.0 Å². The maximum Gasteiger partial charge on any atom is 0.329 e. The van der Waals surface area contributed by atoms with Crippen molar-refractivity contribution in [1.82, 2.24) is 30.2 Å². The van der Waals surface area contributed by atoms with Crippen molar-refractivity contribution in [1.29, 1.82) is 0 Å². The topological polar surface area (TPSA) is 168 Å². The molecule has 73 heavy (non-hydrogen) atoms. The van der Waals surface area contributed by atoms with Gasteiger partial charge in [-0.2, -0.15) is 5.10 Å². The van der Waals surface area contributed by atoms with Crippen molar-refractivity contribution in [3.05, 3.63) is 106 Å². The number of urea groups is 1. The first-order valence-electron chi connectivity index (χ1n) is 26.1. The Balaban J connectivity index is 0.720. The number of halogens is 3. The zero-order valence-electron chi connectivity index (χ0n) is 41.7. The molecule has 6 fully saturated rings. The molecule has 3 saturated carbocycles. The summed E-state index contributed by atoms with van der Waals surface area (Å²) in [5.41, 5.74) is 8.16. The smallest absolute Gasteiger partial charge is 0.329 e. The molecule has 14 nitrogen and oxygen atoms in total. The minimum absolute atomic E-state index is 0.00534.